The van der Waals surface area contributed by atoms with Gasteiger partial charge in [-0.1, -0.05) is 6.07 Å². The summed E-state index contributed by atoms with van der Waals surface area (Å²) in [6.07, 6.45) is 0. The zero-order valence-electron chi connectivity index (χ0n) is 10.4. The van der Waals surface area contributed by atoms with Crippen molar-refractivity contribution in [1.82, 2.24) is 0 Å². The summed E-state index contributed by atoms with van der Waals surface area (Å²) in [6.45, 7) is 3.03. The van der Waals surface area contributed by atoms with E-state index in [1.165, 1.54) is 25.1 Å². The number of halogens is 3. The summed E-state index contributed by atoms with van der Waals surface area (Å²) in [4.78, 5) is 12.1. The Hall–Kier alpha value is -2.10. The molecule has 0 saturated carbocycles. The topological polar surface area (TPSA) is 17.1 Å². The van der Waals surface area contributed by atoms with E-state index in [2.05, 4.69) is 0 Å². The lowest BCUT2D eigenvalue weighted by molar-refractivity contribution is 0.103. The highest BCUT2D eigenvalue weighted by molar-refractivity contribution is 6.09. The predicted octanol–water partition coefficient (Wildman–Crippen LogP) is 3.95. The van der Waals surface area contributed by atoms with Crippen LogP contribution in [0, 0.1) is 31.3 Å². The van der Waals surface area contributed by atoms with Gasteiger partial charge >= 0.3 is 0 Å². The van der Waals surface area contributed by atoms with Gasteiger partial charge < -0.3 is 0 Å². The number of carbonyl (C=O) groups is 1. The fourth-order valence-electron chi connectivity index (χ4n) is 1.88. The molecular formula is C15H11F3O. The predicted molar refractivity (Wildman–Crippen MR) is 65.7 cm³/mol. The molecule has 98 valence electrons. The van der Waals surface area contributed by atoms with E-state index < -0.39 is 28.8 Å². The molecule has 0 aromatic heterocycles. The Kier molecular flexibility index (Phi) is 3.42. The Morgan fingerprint density at radius 2 is 1.68 bits per heavy atom. The molecular weight excluding hydrogens is 253 g/mol. The van der Waals surface area contributed by atoms with Crippen LogP contribution in [-0.4, -0.2) is 5.78 Å². The Morgan fingerprint density at radius 1 is 1.00 bits per heavy atom. The van der Waals surface area contributed by atoms with Crippen LogP contribution in [0.2, 0.25) is 0 Å². The van der Waals surface area contributed by atoms with E-state index in [9.17, 15) is 18.0 Å². The van der Waals surface area contributed by atoms with E-state index in [0.29, 0.717) is 5.56 Å². The molecule has 0 atom stereocenters. The number of hydrogen-bond donors (Lipinski definition) is 0. The number of rotatable bonds is 2. The maximum atomic E-state index is 13.8. The molecule has 0 bridgehead atoms. The monoisotopic (exact) mass is 264 g/mol. The molecule has 0 heterocycles. The van der Waals surface area contributed by atoms with Gasteiger partial charge in [0.05, 0.1) is 5.56 Å². The minimum Gasteiger partial charge on any atom is -0.288 e. The van der Waals surface area contributed by atoms with Gasteiger partial charge in [-0.25, -0.2) is 13.2 Å². The third-order valence-electron chi connectivity index (χ3n) is 2.82. The summed E-state index contributed by atoms with van der Waals surface area (Å²) < 4.78 is 40.7. The fraction of sp³-hybridized carbons (Fsp3) is 0.133. The van der Waals surface area contributed by atoms with Gasteiger partial charge in [0, 0.05) is 5.56 Å². The van der Waals surface area contributed by atoms with E-state index >= 15 is 0 Å². The second kappa shape index (κ2) is 4.88. The molecule has 0 amide bonds. The van der Waals surface area contributed by atoms with Crippen molar-refractivity contribution in [3.8, 4) is 0 Å². The van der Waals surface area contributed by atoms with Gasteiger partial charge in [-0.2, -0.15) is 0 Å². The van der Waals surface area contributed by atoms with Crippen LogP contribution < -0.4 is 0 Å². The van der Waals surface area contributed by atoms with Crippen LogP contribution in [0.4, 0.5) is 13.2 Å². The molecule has 0 unspecified atom stereocenters. The molecule has 0 spiro atoms. The first-order valence-electron chi connectivity index (χ1n) is 5.66. The van der Waals surface area contributed by atoms with E-state index in [1.807, 2.05) is 0 Å². The maximum absolute atomic E-state index is 13.8. The molecule has 0 saturated heterocycles. The Labute approximate surface area is 108 Å². The first-order chi connectivity index (χ1) is 8.90. The average Bonchev–Trinajstić information content (AvgIpc) is 2.33. The molecule has 2 aromatic carbocycles. The Morgan fingerprint density at radius 3 is 2.32 bits per heavy atom. The van der Waals surface area contributed by atoms with Gasteiger partial charge in [0.25, 0.3) is 0 Å². The molecule has 0 aliphatic heterocycles. The number of ketones is 1. The smallest absolute Gasteiger partial charge is 0.199 e. The lowest BCUT2D eigenvalue weighted by Gasteiger charge is -2.07. The van der Waals surface area contributed by atoms with E-state index in [0.717, 1.165) is 12.1 Å². The first-order valence-corrected chi connectivity index (χ1v) is 5.66. The Balaban J connectivity index is 2.59. The van der Waals surface area contributed by atoms with Crippen LogP contribution in [0.3, 0.4) is 0 Å². The van der Waals surface area contributed by atoms with Gasteiger partial charge in [-0.15, -0.1) is 0 Å². The normalized spacial score (nSPS) is 10.6. The highest BCUT2D eigenvalue weighted by atomic mass is 19.1. The average molecular weight is 264 g/mol. The molecule has 2 rings (SSSR count). The van der Waals surface area contributed by atoms with Crippen LogP contribution >= 0.6 is 0 Å². The van der Waals surface area contributed by atoms with Crippen LogP contribution in [0.1, 0.15) is 27.0 Å². The molecule has 4 heteroatoms. The van der Waals surface area contributed by atoms with Gasteiger partial charge in [0.15, 0.2) is 5.78 Å². The van der Waals surface area contributed by atoms with Crippen molar-refractivity contribution >= 4 is 5.78 Å². The van der Waals surface area contributed by atoms with Gasteiger partial charge in [0.2, 0.25) is 0 Å². The first kappa shape index (κ1) is 13.3. The molecule has 19 heavy (non-hydrogen) atoms. The number of aryl methyl sites for hydroxylation is 2. The summed E-state index contributed by atoms with van der Waals surface area (Å²) in [6, 6.07) is 5.87. The van der Waals surface area contributed by atoms with Gasteiger partial charge in [-0.05, 0) is 49.2 Å². The summed E-state index contributed by atoms with van der Waals surface area (Å²) in [7, 11) is 0. The fourth-order valence-corrected chi connectivity index (χ4v) is 1.88. The van der Waals surface area contributed by atoms with Crippen LogP contribution in [0.15, 0.2) is 30.3 Å². The lowest BCUT2D eigenvalue weighted by Crippen LogP contribution is -2.09. The molecule has 1 nitrogen and oxygen atoms in total. The van der Waals surface area contributed by atoms with Gasteiger partial charge in [0.1, 0.15) is 17.5 Å². The van der Waals surface area contributed by atoms with Crippen molar-refractivity contribution in [1.29, 1.82) is 0 Å². The van der Waals surface area contributed by atoms with Crippen molar-refractivity contribution in [2.75, 3.05) is 0 Å². The van der Waals surface area contributed by atoms with Crippen molar-refractivity contribution in [3.05, 3.63) is 70.0 Å². The van der Waals surface area contributed by atoms with Crippen molar-refractivity contribution in [2.24, 2.45) is 0 Å². The molecule has 0 fully saturated rings. The minimum atomic E-state index is -0.949. The standard InChI is InChI=1S/C15H11F3O/c1-8-5-10(7-11(16)6-8)15(19)13-12(17)4-3-9(2)14(13)18/h3-7H,1-2H3. The van der Waals surface area contributed by atoms with E-state index in [1.54, 1.807) is 6.92 Å². The SMILES string of the molecule is Cc1cc(F)cc(C(=O)c2c(F)ccc(C)c2F)c1. The third kappa shape index (κ3) is 2.52. The minimum absolute atomic E-state index is 0.0686. The molecule has 2 aromatic rings. The largest absolute Gasteiger partial charge is 0.288 e. The zero-order chi connectivity index (χ0) is 14.2. The second-order valence-corrected chi connectivity index (χ2v) is 4.40. The van der Waals surface area contributed by atoms with Gasteiger partial charge in [-0.3, -0.25) is 4.79 Å². The summed E-state index contributed by atoms with van der Waals surface area (Å²) >= 11 is 0. The zero-order valence-corrected chi connectivity index (χ0v) is 10.4. The maximum Gasteiger partial charge on any atom is 0.199 e. The van der Waals surface area contributed by atoms with Crippen LogP contribution in [-0.2, 0) is 0 Å². The molecule has 0 N–H and O–H groups in total. The quantitative estimate of drug-likeness (QED) is 0.750. The molecule has 0 aliphatic carbocycles. The van der Waals surface area contributed by atoms with Crippen molar-refractivity contribution in [3.63, 3.8) is 0 Å². The highest BCUT2D eigenvalue weighted by Crippen LogP contribution is 2.21. The summed E-state index contributed by atoms with van der Waals surface area (Å²) in [5, 5.41) is 0. The van der Waals surface area contributed by atoms with E-state index in [4.69, 9.17) is 0 Å². The number of hydrogen-bond acceptors (Lipinski definition) is 1. The molecule has 0 aliphatic rings. The number of benzene rings is 2. The summed E-state index contributed by atoms with van der Waals surface area (Å²) in [5.41, 5.74) is -0.0411. The van der Waals surface area contributed by atoms with Crippen LogP contribution in [0.25, 0.3) is 0 Å². The third-order valence-corrected chi connectivity index (χ3v) is 2.82. The van der Waals surface area contributed by atoms with Crippen molar-refractivity contribution < 1.29 is 18.0 Å². The summed E-state index contributed by atoms with van der Waals surface area (Å²) in [5.74, 6) is -3.33. The second-order valence-electron chi connectivity index (χ2n) is 4.40. The number of carbonyl (C=O) groups excluding carboxylic acids is 1. The highest BCUT2D eigenvalue weighted by Gasteiger charge is 2.21. The van der Waals surface area contributed by atoms with Crippen molar-refractivity contribution in [2.45, 2.75) is 13.8 Å². The molecule has 0 radical (unpaired) electrons. The Bertz CT molecular complexity index is 642. The van der Waals surface area contributed by atoms with Crippen LogP contribution in [0.5, 0.6) is 0 Å². The van der Waals surface area contributed by atoms with E-state index in [-0.39, 0.29) is 11.1 Å². The lowest BCUT2D eigenvalue weighted by atomic mass is 9.99.